The van der Waals surface area contributed by atoms with Crippen molar-refractivity contribution in [1.82, 2.24) is 14.8 Å². The standard InChI is InChI=1S/C13H17BrN4/c1-18-13(16-9-17-18)7-11(8-15)6-10-2-4-12(14)5-3-10/h2-5,9,11H,6-8,15H2,1H3. The fourth-order valence-corrected chi connectivity index (χ4v) is 2.22. The summed E-state index contributed by atoms with van der Waals surface area (Å²) in [5.41, 5.74) is 7.15. The van der Waals surface area contributed by atoms with Gasteiger partial charge in [-0.15, -0.1) is 0 Å². The van der Waals surface area contributed by atoms with E-state index in [0.717, 1.165) is 23.1 Å². The molecule has 0 aliphatic carbocycles. The van der Waals surface area contributed by atoms with Crippen molar-refractivity contribution in [3.63, 3.8) is 0 Å². The first-order chi connectivity index (χ1) is 8.69. The van der Waals surface area contributed by atoms with Gasteiger partial charge in [-0.3, -0.25) is 4.68 Å². The molecule has 0 saturated heterocycles. The van der Waals surface area contributed by atoms with Gasteiger partial charge in [0.1, 0.15) is 12.2 Å². The van der Waals surface area contributed by atoms with E-state index in [9.17, 15) is 0 Å². The lowest BCUT2D eigenvalue weighted by molar-refractivity contribution is 0.503. The quantitative estimate of drug-likeness (QED) is 0.918. The summed E-state index contributed by atoms with van der Waals surface area (Å²) in [6.07, 6.45) is 3.42. The summed E-state index contributed by atoms with van der Waals surface area (Å²) in [5, 5.41) is 4.08. The van der Waals surface area contributed by atoms with E-state index in [1.807, 2.05) is 11.7 Å². The van der Waals surface area contributed by atoms with Crippen LogP contribution in [0.5, 0.6) is 0 Å². The highest BCUT2D eigenvalue weighted by Gasteiger charge is 2.12. The van der Waals surface area contributed by atoms with Crippen molar-refractivity contribution in [2.45, 2.75) is 12.8 Å². The molecule has 0 fully saturated rings. The molecular weight excluding hydrogens is 292 g/mol. The highest BCUT2D eigenvalue weighted by Crippen LogP contribution is 2.15. The predicted octanol–water partition coefficient (Wildman–Crippen LogP) is 1.94. The monoisotopic (exact) mass is 308 g/mol. The molecule has 0 saturated carbocycles. The molecule has 1 heterocycles. The van der Waals surface area contributed by atoms with Crippen molar-refractivity contribution in [2.75, 3.05) is 6.54 Å². The Balaban J connectivity index is 2.01. The fraction of sp³-hybridized carbons (Fsp3) is 0.385. The second kappa shape index (κ2) is 6.11. The summed E-state index contributed by atoms with van der Waals surface area (Å²) in [4.78, 5) is 4.25. The molecule has 96 valence electrons. The summed E-state index contributed by atoms with van der Waals surface area (Å²) in [7, 11) is 1.91. The molecule has 4 nitrogen and oxygen atoms in total. The Labute approximate surface area is 115 Å². The third-order valence-corrected chi connectivity index (χ3v) is 3.58. The molecule has 0 radical (unpaired) electrons. The molecule has 1 unspecified atom stereocenters. The van der Waals surface area contributed by atoms with Gasteiger partial charge in [0.05, 0.1) is 0 Å². The van der Waals surface area contributed by atoms with Gasteiger partial charge >= 0.3 is 0 Å². The number of hydrogen-bond donors (Lipinski definition) is 1. The van der Waals surface area contributed by atoms with E-state index in [2.05, 4.69) is 50.3 Å². The summed E-state index contributed by atoms with van der Waals surface area (Å²) in [5.74, 6) is 1.39. The molecule has 0 amide bonds. The van der Waals surface area contributed by atoms with Crippen LogP contribution in [0.25, 0.3) is 0 Å². The number of nitrogens with two attached hydrogens (primary N) is 1. The Morgan fingerprint density at radius 3 is 2.56 bits per heavy atom. The zero-order valence-electron chi connectivity index (χ0n) is 10.4. The van der Waals surface area contributed by atoms with Crippen molar-refractivity contribution in [3.8, 4) is 0 Å². The van der Waals surface area contributed by atoms with Crippen molar-refractivity contribution < 1.29 is 0 Å². The van der Waals surface area contributed by atoms with Crippen molar-refractivity contribution in [1.29, 1.82) is 0 Å². The minimum Gasteiger partial charge on any atom is -0.330 e. The van der Waals surface area contributed by atoms with Crippen LogP contribution < -0.4 is 5.73 Å². The molecular formula is C13H17BrN4. The van der Waals surface area contributed by atoms with Gasteiger partial charge < -0.3 is 5.73 Å². The Morgan fingerprint density at radius 1 is 1.28 bits per heavy atom. The van der Waals surface area contributed by atoms with Gasteiger partial charge in [0.25, 0.3) is 0 Å². The van der Waals surface area contributed by atoms with E-state index in [1.165, 1.54) is 5.56 Å². The lowest BCUT2D eigenvalue weighted by Crippen LogP contribution is -2.21. The van der Waals surface area contributed by atoms with Crippen LogP contribution in [0, 0.1) is 5.92 Å². The van der Waals surface area contributed by atoms with Crippen molar-refractivity contribution >= 4 is 15.9 Å². The smallest absolute Gasteiger partial charge is 0.138 e. The Kier molecular flexibility index (Phi) is 4.49. The first kappa shape index (κ1) is 13.2. The Bertz CT molecular complexity index is 492. The average molecular weight is 309 g/mol. The van der Waals surface area contributed by atoms with Gasteiger partial charge in [-0.1, -0.05) is 28.1 Å². The zero-order chi connectivity index (χ0) is 13.0. The van der Waals surface area contributed by atoms with Gasteiger partial charge in [0.2, 0.25) is 0 Å². The SMILES string of the molecule is Cn1ncnc1CC(CN)Cc1ccc(Br)cc1. The topological polar surface area (TPSA) is 56.7 Å². The zero-order valence-corrected chi connectivity index (χ0v) is 12.0. The highest BCUT2D eigenvalue weighted by atomic mass is 79.9. The minimum atomic E-state index is 0.397. The summed E-state index contributed by atoms with van der Waals surface area (Å²) >= 11 is 3.44. The third kappa shape index (κ3) is 3.40. The molecule has 2 aromatic rings. The number of aromatic nitrogens is 3. The van der Waals surface area contributed by atoms with E-state index in [1.54, 1.807) is 6.33 Å². The first-order valence-electron chi connectivity index (χ1n) is 5.96. The van der Waals surface area contributed by atoms with Crippen LogP contribution in [-0.4, -0.2) is 21.3 Å². The number of benzene rings is 1. The van der Waals surface area contributed by atoms with Crippen LogP contribution in [0.15, 0.2) is 35.1 Å². The number of nitrogens with zero attached hydrogens (tertiary/aromatic N) is 3. The summed E-state index contributed by atoms with van der Waals surface area (Å²) < 4.78 is 2.91. The normalized spacial score (nSPS) is 12.6. The van der Waals surface area contributed by atoms with E-state index in [-0.39, 0.29) is 0 Å². The lowest BCUT2D eigenvalue weighted by atomic mass is 9.96. The predicted molar refractivity (Wildman–Crippen MR) is 75.1 cm³/mol. The summed E-state index contributed by atoms with van der Waals surface area (Å²) in [6.45, 7) is 0.656. The maximum Gasteiger partial charge on any atom is 0.138 e. The second-order valence-electron chi connectivity index (χ2n) is 4.44. The maximum absolute atomic E-state index is 5.85. The van der Waals surface area contributed by atoms with Gasteiger partial charge in [0.15, 0.2) is 0 Å². The largest absolute Gasteiger partial charge is 0.330 e. The van der Waals surface area contributed by atoms with Crippen LogP contribution >= 0.6 is 15.9 Å². The Morgan fingerprint density at radius 2 is 2.00 bits per heavy atom. The van der Waals surface area contributed by atoms with Gasteiger partial charge in [-0.05, 0) is 36.6 Å². The molecule has 1 atom stereocenters. The third-order valence-electron chi connectivity index (χ3n) is 3.05. The first-order valence-corrected chi connectivity index (χ1v) is 6.75. The molecule has 0 spiro atoms. The van der Waals surface area contributed by atoms with Crippen LogP contribution in [0.4, 0.5) is 0 Å². The van der Waals surface area contributed by atoms with Crippen molar-refractivity contribution in [3.05, 3.63) is 46.5 Å². The van der Waals surface area contributed by atoms with Gasteiger partial charge in [-0.2, -0.15) is 5.10 Å². The molecule has 1 aromatic heterocycles. The highest BCUT2D eigenvalue weighted by molar-refractivity contribution is 9.10. The molecule has 0 bridgehead atoms. The van der Waals surface area contributed by atoms with Crippen LogP contribution in [-0.2, 0) is 19.9 Å². The number of rotatable bonds is 5. The van der Waals surface area contributed by atoms with Crippen molar-refractivity contribution in [2.24, 2.45) is 18.7 Å². The lowest BCUT2D eigenvalue weighted by Gasteiger charge is -2.14. The van der Waals surface area contributed by atoms with Gasteiger partial charge in [0, 0.05) is 17.9 Å². The minimum absolute atomic E-state index is 0.397. The number of aryl methyl sites for hydroxylation is 1. The second-order valence-corrected chi connectivity index (χ2v) is 5.35. The molecule has 2 N–H and O–H groups in total. The van der Waals surface area contributed by atoms with Gasteiger partial charge in [-0.25, -0.2) is 4.98 Å². The van der Waals surface area contributed by atoms with E-state index < -0.39 is 0 Å². The Hall–Kier alpha value is -1.20. The molecule has 0 aliphatic heterocycles. The van der Waals surface area contributed by atoms with Crippen LogP contribution in [0.1, 0.15) is 11.4 Å². The van der Waals surface area contributed by atoms with E-state index in [0.29, 0.717) is 12.5 Å². The number of hydrogen-bond acceptors (Lipinski definition) is 3. The number of halogens is 1. The molecule has 1 aromatic carbocycles. The maximum atomic E-state index is 5.85. The summed E-state index contributed by atoms with van der Waals surface area (Å²) in [6, 6.07) is 8.38. The van der Waals surface area contributed by atoms with E-state index in [4.69, 9.17) is 5.73 Å². The molecule has 2 rings (SSSR count). The average Bonchev–Trinajstić information content (AvgIpc) is 2.77. The molecule has 0 aliphatic rings. The van der Waals surface area contributed by atoms with E-state index >= 15 is 0 Å². The van der Waals surface area contributed by atoms with Crippen LogP contribution in [0.2, 0.25) is 0 Å². The molecule has 18 heavy (non-hydrogen) atoms. The fourth-order valence-electron chi connectivity index (χ4n) is 1.96. The molecule has 5 heteroatoms. The van der Waals surface area contributed by atoms with Crippen LogP contribution in [0.3, 0.4) is 0 Å².